The monoisotopic (exact) mass is 458 g/mol. The Hall–Kier alpha value is -2.26. The van der Waals surface area contributed by atoms with Crippen LogP contribution >= 0.6 is 11.6 Å². The molecule has 170 valence electrons. The second kappa shape index (κ2) is 9.91. The summed E-state index contributed by atoms with van der Waals surface area (Å²) in [6, 6.07) is 5.32. The molecular formula is C21H26ClF3N4O2. The fraction of sp³-hybridized carbons (Fsp3) is 0.524. The summed E-state index contributed by atoms with van der Waals surface area (Å²) >= 11 is 5.93. The van der Waals surface area contributed by atoms with Crippen LogP contribution in [0.25, 0.3) is 0 Å². The van der Waals surface area contributed by atoms with Crippen LogP contribution in [0.5, 0.6) is 0 Å². The third kappa shape index (κ3) is 6.13. The Bertz CT molecular complexity index is 876. The first kappa shape index (κ1) is 23.4. The Morgan fingerprint density at radius 2 is 2.03 bits per heavy atom. The summed E-state index contributed by atoms with van der Waals surface area (Å²) in [6.07, 6.45) is -0.527. The molecule has 1 aromatic carbocycles. The molecule has 1 amide bonds. The number of aromatic amines is 1. The van der Waals surface area contributed by atoms with Gasteiger partial charge in [0.2, 0.25) is 0 Å². The van der Waals surface area contributed by atoms with E-state index in [0.29, 0.717) is 24.8 Å². The first-order valence-electron chi connectivity index (χ1n) is 10.1. The molecule has 1 fully saturated rings. The quantitative estimate of drug-likeness (QED) is 0.652. The first-order valence-corrected chi connectivity index (χ1v) is 10.5. The molecule has 2 heterocycles. The number of benzene rings is 1. The van der Waals surface area contributed by atoms with E-state index in [1.54, 1.807) is 6.20 Å². The number of piperidine rings is 1. The number of nitrogens with zero attached hydrogens (tertiary/aromatic N) is 2. The predicted octanol–water partition coefficient (Wildman–Crippen LogP) is 4.79. The number of hydrogen-bond acceptors (Lipinski definition) is 4. The Morgan fingerprint density at radius 1 is 1.29 bits per heavy atom. The number of carbonyl (C=O) groups is 1. The zero-order valence-corrected chi connectivity index (χ0v) is 18.1. The van der Waals surface area contributed by atoms with E-state index in [1.165, 1.54) is 18.1 Å². The lowest BCUT2D eigenvalue weighted by atomic mass is 9.89. The van der Waals surface area contributed by atoms with Gasteiger partial charge in [0.1, 0.15) is 0 Å². The number of methoxy groups -OCH3 is 1. The molecule has 0 saturated carbocycles. The van der Waals surface area contributed by atoms with Gasteiger partial charge in [-0.25, -0.2) is 4.79 Å². The van der Waals surface area contributed by atoms with Crippen LogP contribution in [-0.2, 0) is 23.9 Å². The molecule has 1 aromatic heterocycles. The number of ether oxygens (including phenoxy) is 1. The summed E-state index contributed by atoms with van der Waals surface area (Å²) in [5.41, 5.74) is 0.442. The van der Waals surface area contributed by atoms with Crippen LogP contribution in [0.3, 0.4) is 0 Å². The molecular weight excluding hydrogens is 433 g/mol. The highest BCUT2D eigenvalue weighted by Gasteiger charge is 2.35. The van der Waals surface area contributed by atoms with Gasteiger partial charge in [0.15, 0.2) is 0 Å². The molecule has 1 saturated heterocycles. The summed E-state index contributed by atoms with van der Waals surface area (Å²) in [5, 5.41) is 10.5. The zero-order valence-electron chi connectivity index (χ0n) is 17.4. The van der Waals surface area contributed by atoms with Crippen molar-refractivity contribution in [2.45, 2.75) is 63.5 Å². The highest BCUT2D eigenvalue weighted by atomic mass is 35.5. The van der Waals surface area contributed by atoms with Gasteiger partial charge in [-0.15, -0.1) is 0 Å². The Kier molecular flexibility index (Phi) is 7.48. The molecule has 3 unspecified atom stereocenters. The van der Waals surface area contributed by atoms with Crippen molar-refractivity contribution in [2.24, 2.45) is 0 Å². The maximum absolute atomic E-state index is 13.2. The van der Waals surface area contributed by atoms with E-state index in [0.717, 1.165) is 24.2 Å². The first-order chi connectivity index (χ1) is 14.7. The van der Waals surface area contributed by atoms with Crippen LogP contribution in [0.2, 0.25) is 5.02 Å². The maximum Gasteiger partial charge on any atom is 0.416 e. The van der Waals surface area contributed by atoms with Crippen molar-refractivity contribution in [3.63, 3.8) is 0 Å². The summed E-state index contributed by atoms with van der Waals surface area (Å²) < 4.78 is 44.6. The summed E-state index contributed by atoms with van der Waals surface area (Å²) in [5.74, 6) is 0. The summed E-state index contributed by atoms with van der Waals surface area (Å²) in [7, 11) is 1.27. The number of nitrogens with one attached hydrogen (secondary N) is 2. The number of aromatic nitrogens is 2. The second-order valence-electron chi connectivity index (χ2n) is 7.82. The molecule has 0 aliphatic carbocycles. The van der Waals surface area contributed by atoms with Gasteiger partial charge in [-0.1, -0.05) is 18.5 Å². The van der Waals surface area contributed by atoms with Crippen LogP contribution in [0.1, 0.15) is 43.0 Å². The number of amides is 1. The lowest BCUT2D eigenvalue weighted by Crippen LogP contribution is -2.54. The summed E-state index contributed by atoms with van der Waals surface area (Å²) in [4.78, 5) is 14.1. The van der Waals surface area contributed by atoms with Crippen molar-refractivity contribution in [2.75, 3.05) is 7.11 Å². The van der Waals surface area contributed by atoms with E-state index in [4.69, 9.17) is 16.3 Å². The van der Waals surface area contributed by atoms with Crippen LogP contribution in [0, 0.1) is 0 Å². The minimum absolute atomic E-state index is 0.0197. The number of hydrogen-bond donors (Lipinski definition) is 2. The SMILES string of the molecule is CCC1CC(N(Cc2cc(Cl)cc(C(F)(F)F)c2)C(=O)OC)CC(Cc2ccn[nH]2)N1. The van der Waals surface area contributed by atoms with E-state index in [-0.39, 0.29) is 29.7 Å². The van der Waals surface area contributed by atoms with Gasteiger partial charge < -0.3 is 15.0 Å². The fourth-order valence-corrected chi connectivity index (χ4v) is 4.39. The van der Waals surface area contributed by atoms with Gasteiger partial charge in [-0.05, 0) is 49.1 Å². The molecule has 0 spiro atoms. The lowest BCUT2D eigenvalue weighted by Gasteiger charge is -2.41. The van der Waals surface area contributed by atoms with Crippen LogP contribution in [0.15, 0.2) is 30.5 Å². The molecule has 1 aliphatic heterocycles. The van der Waals surface area contributed by atoms with E-state index < -0.39 is 17.8 Å². The fourth-order valence-electron chi connectivity index (χ4n) is 4.13. The van der Waals surface area contributed by atoms with Crippen molar-refractivity contribution in [1.29, 1.82) is 0 Å². The van der Waals surface area contributed by atoms with Crippen molar-refractivity contribution in [1.82, 2.24) is 20.4 Å². The van der Waals surface area contributed by atoms with E-state index in [1.807, 2.05) is 6.07 Å². The van der Waals surface area contributed by atoms with Gasteiger partial charge >= 0.3 is 12.3 Å². The van der Waals surface area contributed by atoms with E-state index >= 15 is 0 Å². The van der Waals surface area contributed by atoms with E-state index in [9.17, 15) is 18.0 Å². The number of H-pyrrole nitrogens is 1. The number of carbonyl (C=O) groups excluding carboxylic acids is 1. The van der Waals surface area contributed by atoms with Gasteiger partial charge in [-0.2, -0.15) is 18.3 Å². The number of rotatable bonds is 6. The minimum Gasteiger partial charge on any atom is -0.453 e. The molecule has 6 nitrogen and oxygen atoms in total. The van der Waals surface area contributed by atoms with Gasteiger partial charge in [0, 0.05) is 48.0 Å². The predicted molar refractivity (Wildman–Crippen MR) is 111 cm³/mol. The molecule has 31 heavy (non-hydrogen) atoms. The lowest BCUT2D eigenvalue weighted by molar-refractivity contribution is -0.137. The van der Waals surface area contributed by atoms with Gasteiger partial charge in [0.05, 0.1) is 12.7 Å². The molecule has 0 bridgehead atoms. The zero-order chi connectivity index (χ0) is 22.6. The topological polar surface area (TPSA) is 70.2 Å². The van der Waals surface area contributed by atoms with Gasteiger partial charge in [-0.3, -0.25) is 5.10 Å². The molecule has 2 N–H and O–H groups in total. The Morgan fingerprint density at radius 3 is 2.65 bits per heavy atom. The molecule has 3 rings (SSSR count). The highest BCUT2D eigenvalue weighted by Crippen LogP contribution is 2.33. The van der Waals surface area contributed by atoms with Crippen LogP contribution < -0.4 is 5.32 Å². The third-order valence-corrected chi connectivity index (χ3v) is 5.81. The average molecular weight is 459 g/mol. The largest absolute Gasteiger partial charge is 0.453 e. The van der Waals surface area contributed by atoms with Crippen molar-refractivity contribution >= 4 is 17.7 Å². The molecule has 2 aromatic rings. The average Bonchev–Trinajstić information content (AvgIpc) is 3.23. The van der Waals surface area contributed by atoms with Crippen LogP contribution in [0.4, 0.5) is 18.0 Å². The number of alkyl halides is 3. The molecule has 10 heteroatoms. The summed E-state index contributed by atoms with van der Waals surface area (Å²) in [6.45, 7) is 2.04. The molecule has 3 atom stereocenters. The minimum atomic E-state index is -4.52. The highest BCUT2D eigenvalue weighted by molar-refractivity contribution is 6.30. The molecule has 1 aliphatic rings. The van der Waals surface area contributed by atoms with Crippen molar-refractivity contribution in [3.05, 3.63) is 52.3 Å². The number of halogens is 4. The van der Waals surface area contributed by atoms with E-state index in [2.05, 4.69) is 22.4 Å². The van der Waals surface area contributed by atoms with Crippen molar-refractivity contribution < 1.29 is 22.7 Å². The normalized spacial score (nSPS) is 21.7. The van der Waals surface area contributed by atoms with Gasteiger partial charge in [0.25, 0.3) is 0 Å². The second-order valence-corrected chi connectivity index (χ2v) is 8.26. The third-order valence-electron chi connectivity index (χ3n) is 5.59. The standard InChI is InChI=1S/C21H26ClF3N4O2/c1-3-16-10-19(11-18(27-16)9-17-4-5-26-28-17)29(20(30)31-2)12-13-6-14(21(23,24)25)8-15(22)7-13/h4-8,16,18-19,27H,3,9-12H2,1-2H3,(H,26,28). The Balaban J connectivity index is 1.84. The Labute approximate surface area is 184 Å². The smallest absolute Gasteiger partial charge is 0.416 e. The maximum atomic E-state index is 13.2. The van der Waals surface area contributed by atoms with Crippen LogP contribution in [-0.4, -0.2) is 46.4 Å². The molecule has 0 radical (unpaired) electrons. The van der Waals surface area contributed by atoms with Crippen molar-refractivity contribution in [3.8, 4) is 0 Å².